The first-order valence-corrected chi connectivity index (χ1v) is 9.74. The lowest BCUT2D eigenvalue weighted by Crippen LogP contribution is -2.28. The summed E-state index contributed by atoms with van der Waals surface area (Å²) in [7, 11) is 0. The Morgan fingerprint density at radius 3 is 2.56 bits per heavy atom. The summed E-state index contributed by atoms with van der Waals surface area (Å²) >= 11 is 0. The molecule has 0 heterocycles. The van der Waals surface area contributed by atoms with Crippen LogP contribution in [0.5, 0.6) is 0 Å². The van der Waals surface area contributed by atoms with Crippen molar-refractivity contribution in [1.29, 1.82) is 0 Å². The molecule has 0 saturated heterocycles. The SMILES string of the molecule is CCC[C@@H]1CC[C@@H]2c3cc(F)c(-c4ccc(F)cc4)cc3CC[C@@H]2C1. The highest BCUT2D eigenvalue weighted by molar-refractivity contribution is 5.66. The molecular formula is C23H26F2. The van der Waals surface area contributed by atoms with Gasteiger partial charge in [0.2, 0.25) is 0 Å². The summed E-state index contributed by atoms with van der Waals surface area (Å²) in [4.78, 5) is 0. The van der Waals surface area contributed by atoms with Crippen molar-refractivity contribution < 1.29 is 8.78 Å². The summed E-state index contributed by atoms with van der Waals surface area (Å²) in [5.74, 6) is 1.69. The lowest BCUT2D eigenvalue weighted by molar-refractivity contribution is 0.201. The van der Waals surface area contributed by atoms with Gasteiger partial charge >= 0.3 is 0 Å². The van der Waals surface area contributed by atoms with Crippen LogP contribution in [0, 0.1) is 23.5 Å². The average Bonchev–Trinajstić information content (AvgIpc) is 2.62. The molecule has 2 heteroatoms. The molecule has 0 aliphatic heterocycles. The third kappa shape index (κ3) is 3.23. The predicted molar refractivity (Wildman–Crippen MR) is 98.6 cm³/mol. The number of benzene rings is 2. The Bertz CT molecular complexity index is 747. The van der Waals surface area contributed by atoms with Crippen LogP contribution in [0.2, 0.25) is 0 Å². The van der Waals surface area contributed by atoms with Crippen molar-refractivity contribution in [3.8, 4) is 11.1 Å². The van der Waals surface area contributed by atoms with Crippen molar-refractivity contribution in [3.63, 3.8) is 0 Å². The summed E-state index contributed by atoms with van der Waals surface area (Å²) in [5.41, 5.74) is 3.91. The van der Waals surface area contributed by atoms with Gasteiger partial charge in [0.25, 0.3) is 0 Å². The van der Waals surface area contributed by atoms with Gasteiger partial charge in [-0.15, -0.1) is 0 Å². The number of halogens is 2. The Hall–Kier alpha value is -1.70. The van der Waals surface area contributed by atoms with Gasteiger partial charge in [-0.3, -0.25) is 0 Å². The zero-order valence-electron chi connectivity index (χ0n) is 14.9. The van der Waals surface area contributed by atoms with Crippen molar-refractivity contribution in [3.05, 3.63) is 59.2 Å². The van der Waals surface area contributed by atoms with Gasteiger partial charge in [0.1, 0.15) is 11.6 Å². The second-order valence-electron chi connectivity index (χ2n) is 7.91. The smallest absolute Gasteiger partial charge is 0.131 e. The quantitative estimate of drug-likeness (QED) is 0.571. The van der Waals surface area contributed by atoms with Crippen LogP contribution in [0.4, 0.5) is 8.78 Å². The molecule has 0 aromatic heterocycles. The third-order valence-electron chi connectivity index (χ3n) is 6.36. The number of aryl methyl sites for hydroxylation is 1. The summed E-state index contributed by atoms with van der Waals surface area (Å²) in [6.45, 7) is 2.27. The van der Waals surface area contributed by atoms with Crippen LogP contribution in [0.3, 0.4) is 0 Å². The highest BCUT2D eigenvalue weighted by Gasteiger charge is 2.35. The van der Waals surface area contributed by atoms with E-state index in [1.165, 1.54) is 61.8 Å². The van der Waals surface area contributed by atoms with Gasteiger partial charge in [0, 0.05) is 5.56 Å². The van der Waals surface area contributed by atoms with E-state index in [0.717, 1.165) is 23.8 Å². The van der Waals surface area contributed by atoms with Crippen molar-refractivity contribution in [1.82, 2.24) is 0 Å². The van der Waals surface area contributed by atoms with Crippen molar-refractivity contribution in [2.75, 3.05) is 0 Å². The second-order valence-corrected chi connectivity index (χ2v) is 7.91. The molecule has 2 aliphatic rings. The Morgan fingerprint density at radius 1 is 1.00 bits per heavy atom. The Labute approximate surface area is 149 Å². The van der Waals surface area contributed by atoms with Crippen LogP contribution in [-0.2, 0) is 6.42 Å². The van der Waals surface area contributed by atoms with E-state index in [2.05, 4.69) is 6.92 Å². The van der Waals surface area contributed by atoms with Crippen LogP contribution < -0.4 is 0 Å². The second kappa shape index (κ2) is 6.90. The maximum absolute atomic E-state index is 14.8. The fourth-order valence-electron chi connectivity index (χ4n) is 5.15. The molecule has 1 fully saturated rings. The summed E-state index contributed by atoms with van der Waals surface area (Å²) in [5, 5.41) is 0. The highest BCUT2D eigenvalue weighted by Crippen LogP contribution is 2.48. The zero-order valence-corrected chi connectivity index (χ0v) is 14.9. The van der Waals surface area contributed by atoms with E-state index in [-0.39, 0.29) is 11.6 Å². The molecule has 0 bridgehead atoms. The molecule has 4 rings (SSSR count). The minimum absolute atomic E-state index is 0.165. The van der Waals surface area contributed by atoms with Crippen LogP contribution in [0.15, 0.2) is 36.4 Å². The first-order chi connectivity index (χ1) is 12.2. The largest absolute Gasteiger partial charge is 0.207 e. The van der Waals surface area contributed by atoms with Crippen molar-refractivity contribution in [2.45, 2.75) is 57.8 Å². The molecule has 25 heavy (non-hydrogen) atoms. The summed E-state index contributed by atoms with van der Waals surface area (Å²) in [6, 6.07) is 9.94. The average molecular weight is 340 g/mol. The monoisotopic (exact) mass is 340 g/mol. The number of rotatable bonds is 3. The molecule has 132 valence electrons. The first kappa shape index (κ1) is 16.8. The molecule has 0 unspecified atom stereocenters. The maximum atomic E-state index is 14.8. The molecule has 0 spiro atoms. The van der Waals surface area contributed by atoms with Crippen molar-refractivity contribution >= 4 is 0 Å². The van der Waals surface area contributed by atoms with Crippen LogP contribution in [0.1, 0.15) is 62.5 Å². The minimum atomic E-state index is -0.284. The van der Waals surface area contributed by atoms with Gasteiger partial charge in [-0.2, -0.15) is 0 Å². The molecule has 3 atom stereocenters. The molecule has 2 aromatic carbocycles. The molecule has 0 N–H and O–H groups in total. The standard InChI is InChI=1S/C23H26F2/c1-2-3-15-4-11-20-17(12-15)5-6-18-13-22(23(25)14-21(18)20)16-7-9-19(24)10-8-16/h7-10,13-15,17,20H,2-6,11-12H2,1H3/t15-,17-,20+/m1/s1. The fourth-order valence-corrected chi connectivity index (χ4v) is 5.15. The van der Waals surface area contributed by atoms with E-state index < -0.39 is 0 Å². The zero-order chi connectivity index (χ0) is 17.4. The Morgan fingerprint density at radius 2 is 1.80 bits per heavy atom. The van der Waals surface area contributed by atoms with Gasteiger partial charge in [-0.1, -0.05) is 31.9 Å². The van der Waals surface area contributed by atoms with Gasteiger partial charge in [0.05, 0.1) is 0 Å². The molecule has 0 amide bonds. The highest BCUT2D eigenvalue weighted by atomic mass is 19.1. The summed E-state index contributed by atoms with van der Waals surface area (Å²) in [6.07, 6.45) is 8.70. The van der Waals surface area contributed by atoms with Gasteiger partial charge in [0.15, 0.2) is 0 Å². The van der Waals surface area contributed by atoms with E-state index in [1.54, 1.807) is 18.2 Å². The first-order valence-electron chi connectivity index (χ1n) is 9.74. The van der Waals surface area contributed by atoms with Gasteiger partial charge in [-0.05, 0) is 90.8 Å². The minimum Gasteiger partial charge on any atom is -0.207 e. The number of hydrogen-bond donors (Lipinski definition) is 0. The maximum Gasteiger partial charge on any atom is 0.131 e. The predicted octanol–water partition coefficient (Wildman–Crippen LogP) is 6.88. The third-order valence-corrected chi connectivity index (χ3v) is 6.36. The van der Waals surface area contributed by atoms with Crippen LogP contribution in [0.25, 0.3) is 11.1 Å². The topological polar surface area (TPSA) is 0 Å². The van der Waals surface area contributed by atoms with Crippen LogP contribution in [-0.4, -0.2) is 0 Å². The summed E-state index contributed by atoms with van der Waals surface area (Å²) < 4.78 is 28.0. The number of fused-ring (bicyclic) bond motifs is 3. The van der Waals surface area contributed by atoms with Crippen molar-refractivity contribution in [2.24, 2.45) is 11.8 Å². The van der Waals surface area contributed by atoms with Gasteiger partial charge in [-0.25, -0.2) is 8.78 Å². The lowest BCUT2D eigenvalue weighted by atomic mass is 9.64. The van der Waals surface area contributed by atoms with Gasteiger partial charge < -0.3 is 0 Å². The number of hydrogen-bond acceptors (Lipinski definition) is 0. The van der Waals surface area contributed by atoms with E-state index in [0.29, 0.717) is 11.5 Å². The van der Waals surface area contributed by atoms with E-state index >= 15 is 0 Å². The molecule has 2 aromatic rings. The molecule has 2 aliphatic carbocycles. The van der Waals surface area contributed by atoms with E-state index in [4.69, 9.17) is 0 Å². The van der Waals surface area contributed by atoms with E-state index in [1.807, 2.05) is 6.07 Å². The molecule has 1 saturated carbocycles. The van der Waals surface area contributed by atoms with Crippen LogP contribution >= 0.6 is 0 Å². The molecule has 0 radical (unpaired) electrons. The Kier molecular flexibility index (Phi) is 4.62. The molecule has 0 nitrogen and oxygen atoms in total. The fraction of sp³-hybridized carbons (Fsp3) is 0.478. The lowest BCUT2D eigenvalue weighted by Gasteiger charge is -2.41. The Balaban J connectivity index is 1.64. The normalized spacial score (nSPS) is 25.3. The molecular weight excluding hydrogens is 314 g/mol. The van der Waals surface area contributed by atoms with E-state index in [9.17, 15) is 8.78 Å².